The van der Waals surface area contributed by atoms with Crippen molar-refractivity contribution in [2.75, 3.05) is 0 Å². The van der Waals surface area contributed by atoms with Crippen LogP contribution in [0.15, 0.2) is 200 Å². The summed E-state index contributed by atoms with van der Waals surface area (Å²) in [6.07, 6.45) is 0. The van der Waals surface area contributed by atoms with Crippen LogP contribution in [0.3, 0.4) is 0 Å². The van der Waals surface area contributed by atoms with E-state index in [-0.39, 0.29) is 0 Å². The van der Waals surface area contributed by atoms with Crippen LogP contribution in [0.25, 0.3) is 100 Å². The SMILES string of the molecule is c1ccc(-c2nc(-c3ccccc3)nc(-c3ccc(-c4cccc(-n5c6ccccc6c6c5ccc5c7ccccc7n(-c7ccccc7)c56)c4)cc3)n2)cc1. The number of fused-ring (bicyclic) bond motifs is 7. The molecule has 0 atom stereocenters. The van der Waals surface area contributed by atoms with Crippen LogP contribution in [0, 0.1) is 0 Å². The molecular weight excluding hydrogens is 683 g/mol. The first kappa shape index (κ1) is 31.9. The van der Waals surface area contributed by atoms with Crippen molar-refractivity contribution < 1.29 is 0 Å². The van der Waals surface area contributed by atoms with Gasteiger partial charge in [0.1, 0.15) is 0 Å². The van der Waals surface area contributed by atoms with Crippen molar-refractivity contribution in [2.24, 2.45) is 0 Å². The van der Waals surface area contributed by atoms with E-state index in [1.807, 2.05) is 60.7 Å². The van der Waals surface area contributed by atoms with Crippen LogP contribution in [0.1, 0.15) is 0 Å². The molecule has 8 aromatic carbocycles. The van der Waals surface area contributed by atoms with Gasteiger partial charge in [-0.2, -0.15) is 0 Å². The molecule has 0 aliphatic carbocycles. The Bertz CT molecular complexity index is 3160. The normalized spacial score (nSPS) is 11.6. The van der Waals surface area contributed by atoms with Crippen molar-refractivity contribution in [3.63, 3.8) is 0 Å². The molecule has 3 heterocycles. The minimum atomic E-state index is 0.641. The molecule has 0 fully saturated rings. The minimum Gasteiger partial charge on any atom is -0.309 e. The summed E-state index contributed by atoms with van der Waals surface area (Å²) in [6, 6.07) is 70.4. The molecule has 5 nitrogen and oxygen atoms in total. The molecular formula is C51H33N5. The van der Waals surface area contributed by atoms with Crippen LogP contribution in [0.5, 0.6) is 0 Å². The third-order valence-corrected chi connectivity index (χ3v) is 10.8. The van der Waals surface area contributed by atoms with Crippen molar-refractivity contribution in [2.45, 2.75) is 0 Å². The zero-order valence-electron chi connectivity index (χ0n) is 30.3. The lowest BCUT2D eigenvalue weighted by Gasteiger charge is -2.12. The molecule has 11 rings (SSSR count). The topological polar surface area (TPSA) is 48.5 Å². The van der Waals surface area contributed by atoms with Gasteiger partial charge < -0.3 is 9.13 Å². The molecule has 0 spiro atoms. The molecule has 0 N–H and O–H groups in total. The van der Waals surface area contributed by atoms with Gasteiger partial charge in [-0.3, -0.25) is 0 Å². The Morgan fingerprint density at radius 1 is 0.286 bits per heavy atom. The summed E-state index contributed by atoms with van der Waals surface area (Å²) in [7, 11) is 0. The third kappa shape index (κ3) is 5.21. The van der Waals surface area contributed by atoms with Crippen LogP contribution in [0.4, 0.5) is 0 Å². The van der Waals surface area contributed by atoms with Gasteiger partial charge in [-0.25, -0.2) is 15.0 Å². The van der Waals surface area contributed by atoms with Crippen LogP contribution in [0.2, 0.25) is 0 Å². The van der Waals surface area contributed by atoms with Gasteiger partial charge in [0.15, 0.2) is 17.5 Å². The standard InChI is InChI=1S/C51H33N5/c1-4-15-35(16-5-1)49-52-50(36-17-6-2-7-18-36)54-51(53-49)37-29-27-34(28-30-37)38-19-14-22-40(33-38)55-45-26-13-11-24-43(45)47-46(55)32-31-42-41-23-10-12-25-44(41)56(48(42)47)39-20-8-3-9-21-39/h1-33H. The van der Waals surface area contributed by atoms with E-state index in [0.717, 1.165) is 39.2 Å². The quantitative estimate of drug-likeness (QED) is 0.172. The number of benzene rings is 8. The molecule has 11 aromatic rings. The molecule has 3 aromatic heterocycles. The average molecular weight is 716 g/mol. The first-order valence-electron chi connectivity index (χ1n) is 18.9. The second-order valence-electron chi connectivity index (χ2n) is 14.1. The van der Waals surface area contributed by atoms with Gasteiger partial charge in [0, 0.05) is 49.6 Å². The van der Waals surface area contributed by atoms with Crippen LogP contribution >= 0.6 is 0 Å². The fourth-order valence-electron chi connectivity index (χ4n) is 8.21. The molecule has 56 heavy (non-hydrogen) atoms. The van der Waals surface area contributed by atoms with E-state index in [0.29, 0.717) is 17.5 Å². The maximum atomic E-state index is 4.94. The molecule has 0 saturated heterocycles. The fourth-order valence-corrected chi connectivity index (χ4v) is 8.21. The van der Waals surface area contributed by atoms with Gasteiger partial charge in [0.25, 0.3) is 0 Å². The van der Waals surface area contributed by atoms with Gasteiger partial charge in [-0.1, -0.05) is 158 Å². The molecule has 0 amide bonds. The maximum Gasteiger partial charge on any atom is 0.164 e. The highest BCUT2D eigenvalue weighted by Crippen LogP contribution is 2.42. The Hall–Kier alpha value is -7.63. The van der Waals surface area contributed by atoms with E-state index >= 15 is 0 Å². The maximum absolute atomic E-state index is 4.94. The first-order valence-corrected chi connectivity index (χ1v) is 18.9. The second kappa shape index (κ2) is 13.0. The van der Waals surface area contributed by atoms with Crippen molar-refractivity contribution in [3.8, 4) is 56.7 Å². The summed E-state index contributed by atoms with van der Waals surface area (Å²) in [5.41, 5.74) is 12.1. The Balaban J connectivity index is 1.04. The molecule has 262 valence electrons. The fraction of sp³-hybridized carbons (Fsp3) is 0. The van der Waals surface area contributed by atoms with Crippen molar-refractivity contribution in [1.29, 1.82) is 0 Å². The summed E-state index contributed by atoms with van der Waals surface area (Å²) in [6.45, 7) is 0. The highest BCUT2D eigenvalue weighted by molar-refractivity contribution is 6.26. The van der Waals surface area contributed by atoms with Crippen molar-refractivity contribution >= 4 is 43.6 Å². The Morgan fingerprint density at radius 2 is 0.768 bits per heavy atom. The minimum absolute atomic E-state index is 0.641. The molecule has 0 aliphatic heterocycles. The number of hydrogen-bond donors (Lipinski definition) is 0. The molecule has 5 heteroatoms. The Morgan fingerprint density at radius 3 is 1.41 bits per heavy atom. The smallest absolute Gasteiger partial charge is 0.164 e. The lowest BCUT2D eigenvalue weighted by molar-refractivity contribution is 1.07. The van der Waals surface area contributed by atoms with Crippen LogP contribution < -0.4 is 0 Å². The van der Waals surface area contributed by atoms with E-state index in [4.69, 9.17) is 15.0 Å². The zero-order chi connectivity index (χ0) is 37.0. The lowest BCUT2D eigenvalue weighted by atomic mass is 10.0. The predicted molar refractivity (Wildman–Crippen MR) is 230 cm³/mol. The molecule has 0 radical (unpaired) electrons. The van der Waals surface area contributed by atoms with E-state index in [9.17, 15) is 0 Å². The van der Waals surface area contributed by atoms with Crippen LogP contribution in [-0.4, -0.2) is 24.1 Å². The molecule has 0 bridgehead atoms. The molecule has 0 saturated carbocycles. The second-order valence-corrected chi connectivity index (χ2v) is 14.1. The summed E-state index contributed by atoms with van der Waals surface area (Å²) in [5, 5.41) is 4.97. The summed E-state index contributed by atoms with van der Waals surface area (Å²) in [5.74, 6) is 1.94. The summed E-state index contributed by atoms with van der Waals surface area (Å²) < 4.78 is 4.84. The van der Waals surface area contributed by atoms with Crippen LogP contribution in [-0.2, 0) is 0 Å². The summed E-state index contributed by atoms with van der Waals surface area (Å²) >= 11 is 0. The number of para-hydroxylation sites is 3. The molecule has 0 aliphatic rings. The number of rotatable bonds is 6. The summed E-state index contributed by atoms with van der Waals surface area (Å²) in [4.78, 5) is 14.7. The monoisotopic (exact) mass is 715 g/mol. The zero-order valence-corrected chi connectivity index (χ0v) is 30.3. The van der Waals surface area contributed by atoms with Gasteiger partial charge >= 0.3 is 0 Å². The number of hydrogen-bond acceptors (Lipinski definition) is 3. The van der Waals surface area contributed by atoms with Gasteiger partial charge in [-0.05, 0) is 53.6 Å². The Labute approximate surface area is 323 Å². The third-order valence-electron chi connectivity index (χ3n) is 10.8. The largest absolute Gasteiger partial charge is 0.309 e. The predicted octanol–water partition coefficient (Wildman–Crippen LogP) is 12.7. The Kier molecular flexibility index (Phi) is 7.42. The van der Waals surface area contributed by atoms with E-state index in [1.54, 1.807) is 0 Å². The highest BCUT2D eigenvalue weighted by atomic mass is 15.0. The highest BCUT2D eigenvalue weighted by Gasteiger charge is 2.21. The van der Waals surface area contributed by atoms with Crippen molar-refractivity contribution in [1.82, 2.24) is 24.1 Å². The molecule has 0 unspecified atom stereocenters. The average Bonchev–Trinajstić information content (AvgIpc) is 3.80. The van der Waals surface area contributed by atoms with E-state index < -0.39 is 0 Å². The van der Waals surface area contributed by atoms with Gasteiger partial charge in [-0.15, -0.1) is 0 Å². The van der Waals surface area contributed by atoms with Crippen molar-refractivity contribution in [3.05, 3.63) is 200 Å². The van der Waals surface area contributed by atoms with Gasteiger partial charge in [0.2, 0.25) is 0 Å². The first-order chi connectivity index (χ1) is 27.8. The van der Waals surface area contributed by atoms with E-state index in [2.05, 4.69) is 149 Å². The number of nitrogens with zero attached hydrogens (tertiary/aromatic N) is 5. The number of aromatic nitrogens is 5. The van der Waals surface area contributed by atoms with E-state index in [1.165, 1.54) is 43.6 Å². The lowest BCUT2D eigenvalue weighted by Crippen LogP contribution is -2.00. The van der Waals surface area contributed by atoms with Gasteiger partial charge in [0.05, 0.1) is 22.1 Å².